The minimum atomic E-state index is -0.460. The third kappa shape index (κ3) is 3.96. The van der Waals surface area contributed by atoms with Crippen LogP contribution in [-0.4, -0.2) is 52.7 Å². The number of piperazine rings is 1. The Kier molecular flexibility index (Phi) is 4.32. The minimum Gasteiger partial charge on any atom is -0.444 e. The molecule has 0 N–H and O–H groups in total. The van der Waals surface area contributed by atoms with Crippen molar-refractivity contribution in [2.45, 2.75) is 26.4 Å². The standard InChI is InChI=1S/C13H19ClN4O2/c1-13(2,3)20-12(19)18-6-4-17(5-7-18)10-8-15-11(14)16-9-10/h8-9H,4-7H2,1-3H3. The second-order valence-corrected chi connectivity index (χ2v) is 6.00. The van der Waals surface area contributed by atoms with Crippen LogP contribution in [0.1, 0.15) is 20.8 Å². The van der Waals surface area contributed by atoms with E-state index in [-0.39, 0.29) is 11.4 Å². The summed E-state index contributed by atoms with van der Waals surface area (Å²) in [6, 6.07) is 0. The van der Waals surface area contributed by atoms with E-state index in [1.165, 1.54) is 0 Å². The van der Waals surface area contributed by atoms with E-state index < -0.39 is 5.60 Å². The Morgan fingerprint density at radius 1 is 1.20 bits per heavy atom. The molecule has 0 bridgehead atoms. The molecule has 1 aliphatic heterocycles. The summed E-state index contributed by atoms with van der Waals surface area (Å²) in [7, 11) is 0. The maximum atomic E-state index is 11.9. The zero-order chi connectivity index (χ0) is 14.8. The van der Waals surface area contributed by atoms with Crippen LogP contribution < -0.4 is 4.90 Å². The maximum Gasteiger partial charge on any atom is 0.410 e. The molecule has 0 radical (unpaired) electrons. The van der Waals surface area contributed by atoms with Gasteiger partial charge in [0.2, 0.25) is 5.28 Å². The molecule has 1 aliphatic rings. The molecule has 1 saturated heterocycles. The summed E-state index contributed by atoms with van der Waals surface area (Å²) in [6.07, 6.45) is 3.13. The molecule has 0 atom stereocenters. The first-order chi connectivity index (χ1) is 9.35. The van der Waals surface area contributed by atoms with E-state index in [1.807, 2.05) is 20.8 Å². The number of carbonyl (C=O) groups excluding carboxylic acids is 1. The number of aromatic nitrogens is 2. The van der Waals surface area contributed by atoms with Crippen LogP contribution in [0.25, 0.3) is 0 Å². The summed E-state index contributed by atoms with van der Waals surface area (Å²) >= 11 is 5.67. The van der Waals surface area contributed by atoms with Crippen LogP contribution in [0.5, 0.6) is 0 Å². The molecule has 6 nitrogen and oxygen atoms in total. The van der Waals surface area contributed by atoms with E-state index in [0.717, 1.165) is 18.8 Å². The van der Waals surface area contributed by atoms with Crippen LogP contribution in [0.4, 0.5) is 10.5 Å². The molecular formula is C13H19ClN4O2. The van der Waals surface area contributed by atoms with E-state index in [2.05, 4.69) is 14.9 Å². The second-order valence-electron chi connectivity index (χ2n) is 5.66. The quantitative estimate of drug-likeness (QED) is 0.744. The van der Waals surface area contributed by atoms with Crippen molar-refractivity contribution in [2.75, 3.05) is 31.1 Å². The molecule has 0 saturated carbocycles. The number of amides is 1. The monoisotopic (exact) mass is 298 g/mol. The van der Waals surface area contributed by atoms with Gasteiger partial charge in [-0.15, -0.1) is 0 Å². The third-order valence-electron chi connectivity index (χ3n) is 2.90. The lowest BCUT2D eigenvalue weighted by atomic mass is 10.2. The highest BCUT2D eigenvalue weighted by Crippen LogP contribution is 2.17. The molecule has 1 aromatic rings. The van der Waals surface area contributed by atoms with Crippen molar-refractivity contribution in [3.63, 3.8) is 0 Å². The number of nitrogens with zero attached hydrogens (tertiary/aromatic N) is 4. The largest absolute Gasteiger partial charge is 0.444 e. The lowest BCUT2D eigenvalue weighted by Gasteiger charge is -2.36. The van der Waals surface area contributed by atoms with Crippen molar-refractivity contribution < 1.29 is 9.53 Å². The van der Waals surface area contributed by atoms with E-state index >= 15 is 0 Å². The molecule has 2 rings (SSSR count). The fourth-order valence-corrected chi connectivity index (χ4v) is 2.04. The Balaban J connectivity index is 1.89. The fraction of sp³-hybridized carbons (Fsp3) is 0.615. The predicted octanol–water partition coefficient (Wildman–Crippen LogP) is 2.19. The smallest absolute Gasteiger partial charge is 0.410 e. The Morgan fingerprint density at radius 3 is 2.25 bits per heavy atom. The first-order valence-electron chi connectivity index (χ1n) is 6.55. The van der Waals surface area contributed by atoms with Crippen LogP contribution in [0, 0.1) is 0 Å². The van der Waals surface area contributed by atoms with E-state index in [1.54, 1.807) is 17.3 Å². The zero-order valence-corrected chi connectivity index (χ0v) is 12.7. The molecule has 20 heavy (non-hydrogen) atoms. The number of hydrogen-bond donors (Lipinski definition) is 0. The molecule has 0 spiro atoms. The highest BCUT2D eigenvalue weighted by atomic mass is 35.5. The average Bonchev–Trinajstić information content (AvgIpc) is 2.38. The molecule has 110 valence electrons. The third-order valence-corrected chi connectivity index (χ3v) is 3.10. The topological polar surface area (TPSA) is 58.6 Å². The lowest BCUT2D eigenvalue weighted by Crippen LogP contribution is -2.50. The molecule has 0 aliphatic carbocycles. The number of carbonyl (C=O) groups is 1. The molecule has 1 amide bonds. The zero-order valence-electron chi connectivity index (χ0n) is 12.0. The van der Waals surface area contributed by atoms with Crippen LogP contribution in [-0.2, 0) is 4.74 Å². The predicted molar refractivity (Wildman–Crippen MR) is 77.1 cm³/mol. The van der Waals surface area contributed by atoms with Gasteiger partial charge < -0.3 is 14.5 Å². The van der Waals surface area contributed by atoms with E-state index in [9.17, 15) is 4.79 Å². The van der Waals surface area contributed by atoms with Gasteiger partial charge in [0.1, 0.15) is 5.60 Å². The van der Waals surface area contributed by atoms with Crippen molar-refractivity contribution in [3.8, 4) is 0 Å². The lowest BCUT2D eigenvalue weighted by molar-refractivity contribution is 0.0240. The van der Waals surface area contributed by atoms with Gasteiger partial charge in [-0.05, 0) is 32.4 Å². The van der Waals surface area contributed by atoms with Gasteiger partial charge in [0, 0.05) is 26.2 Å². The van der Waals surface area contributed by atoms with Gasteiger partial charge in [0.25, 0.3) is 0 Å². The van der Waals surface area contributed by atoms with Crippen molar-refractivity contribution in [1.29, 1.82) is 0 Å². The van der Waals surface area contributed by atoms with Gasteiger partial charge >= 0.3 is 6.09 Å². The van der Waals surface area contributed by atoms with Crippen LogP contribution in [0.3, 0.4) is 0 Å². The number of rotatable bonds is 1. The van der Waals surface area contributed by atoms with E-state index in [4.69, 9.17) is 16.3 Å². The van der Waals surface area contributed by atoms with Crippen LogP contribution in [0.2, 0.25) is 5.28 Å². The second kappa shape index (κ2) is 5.83. The van der Waals surface area contributed by atoms with Gasteiger partial charge in [-0.25, -0.2) is 14.8 Å². The Hall–Kier alpha value is -1.56. The maximum absolute atomic E-state index is 11.9. The van der Waals surface area contributed by atoms with Crippen molar-refractivity contribution in [3.05, 3.63) is 17.7 Å². The van der Waals surface area contributed by atoms with Gasteiger partial charge in [0.05, 0.1) is 18.1 Å². The summed E-state index contributed by atoms with van der Waals surface area (Å²) in [5.41, 5.74) is 0.455. The number of ether oxygens (including phenoxy) is 1. The van der Waals surface area contributed by atoms with Gasteiger partial charge in [-0.2, -0.15) is 0 Å². The number of anilines is 1. The number of hydrogen-bond acceptors (Lipinski definition) is 5. The summed E-state index contributed by atoms with van der Waals surface area (Å²) < 4.78 is 5.36. The van der Waals surface area contributed by atoms with Gasteiger partial charge in [-0.3, -0.25) is 0 Å². The first-order valence-corrected chi connectivity index (χ1v) is 6.93. The highest BCUT2D eigenvalue weighted by molar-refractivity contribution is 6.28. The van der Waals surface area contributed by atoms with Crippen LogP contribution >= 0.6 is 11.6 Å². The SMILES string of the molecule is CC(C)(C)OC(=O)N1CCN(c2cnc(Cl)nc2)CC1. The Morgan fingerprint density at radius 2 is 1.75 bits per heavy atom. The highest BCUT2D eigenvalue weighted by Gasteiger charge is 2.26. The molecule has 0 aromatic carbocycles. The molecule has 1 fully saturated rings. The van der Waals surface area contributed by atoms with Crippen molar-refractivity contribution >= 4 is 23.4 Å². The molecule has 1 aromatic heterocycles. The van der Waals surface area contributed by atoms with Crippen molar-refractivity contribution in [1.82, 2.24) is 14.9 Å². The first kappa shape index (κ1) is 14.8. The Bertz CT molecular complexity index is 464. The van der Waals surface area contributed by atoms with Gasteiger partial charge in [0.15, 0.2) is 0 Å². The molecule has 7 heteroatoms. The van der Waals surface area contributed by atoms with E-state index in [0.29, 0.717) is 13.1 Å². The normalized spacial score (nSPS) is 16.2. The molecule has 0 unspecified atom stereocenters. The van der Waals surface area contributed by atoms with Crippen LogP contribution in [0.15, 0.2) is 12.4 Å². The molecular weight excluding hydrogens is 280 g/mol. The summed E-state index contributed by atoms with van der Waals surface area (Å²) in [5, 5.41) is 0.237. The summed E-state index contributed by atoms with van der Waals surface area (Å²) in [6.45, 7) is 8.30. The summed E-state index contributed by atoms with van der Waals surface area (Å²) in [4.78, 5) is 23.7. The minimum absolute atomic E-state index is 0.237. The van der Waals surface area contributed by atoms with Gasteiger partial charge in [-0.1, -0.05) is 0 Å². The van der Waals surface area contributed by atoms with Crippen molar-refractivity contribution in [2.24, 2.45) is 0 Å². The number of halogens is 1. The molecule has 2 heterocycles. The Labute approximate surface area is 123 Å². The average molecular weight is 299 g/mol. The summed E-state index contributed by atoms with van der Waals surface area (Å²) in [5.74, 6) is 0. The fourth-order valence-electron chi connectivity index (χ4n) is 1.94.